The van der Waals surface area contributed by atoms with E-state index in [1.807, 2.05) is 0 Å². The molecular weight excluding hydrogens is 164 g/mol. The standard InChI is InChI=1S/C6H9NO.HNO3/c1-2-7-5-3-4-6(7)8;2-1(3)4/h2H,1,3-5H2;(H,2,3,4). The minimum atomic E-state index is -1.50. The van der Waals surface area contributed by atoms with Crippen LogP contribution in [0.2, 0.25) is 0 Å². The van der Waals surface area contributed by atoms with Crippen LogP contribution in [0.4, 0.5) is 0 Å². The van der Waals surface area contributed by atoms with Crippen LogP contribution in [-0.4, -0.2) is 27.6 Å². The zero-order valence-electron chi connectivity index (χ0n) is 6.47. The van der Waals surface area contributed by atoms with Crippen molar-refractivity contribution in [1.29, 1.82) is 0 Å². The van der Waals surface area contributed by atoms with E-state index in [9.17, 15) is 4.79 Å². The number of hydrogen-bond acceptors (Lipinski definition) is 3. The molecule has 1 N–H and O–H groups in total. The van der Waals surface area contributed by atoms with Crippen molar-refractivity contribution >= 4 is 5.91 Å². The summed E-state index contributed by atoms with van der Waals surface area (Å²) in [6.07, 6.45) is 3.28. The van der Waals surface area contributed by atoms with Crippen LogP contribution in [0.15, 0.2) is 12.8 Å². The molecule has 0 aliphatic carbocycles. The third-order valence-electron chi connectivity index (χ3n) is 1.33. The van der Waals surface area contributed by atoms with Gasteiger partial charge in [-0.2, -0.15) is 0 Å². The maximum atomic E-state index is 10.7. The highest BCUT2D eigenvalue weighted by atomic mass is 16.9. The summed E-state index contributed by atoms with van der Waals surface area (Å²) in [6.45, 7) is 4.36. The monoisotopic (exact) mass is 174 g/mol. The van der Waals surface area contributed by atoms with Crippen molar-refractivity contribution in [3.8, 4) is 0 Å². The van der Waals surface area contributed by atoms with E-state index in [0.29, 0.717) is 6.42 Å². The van der Waals surface area contributed by atoms with Gasteiger partial charge in [0.1, 0.15) is 0 Å². The lowest BCUT2D eigenvalue weighted by Crippen LogP contribution is -2.16. The van der Waals surface area contributed by atoms with Gasteiger partial charge in [0.2, 0.25) is 5.91 Å². The molecule has 1 heterocycles. The van der Waals surface area contributed by atoms with Crippen molar-refractivity contribution in [3.63, 3.8) is 0 Å². The number of carbonyl (C=O) groups is 1. The van der Waals surface area contributed by atoms with Gasteiger partial charge in [-0.25, -0.2) is 0 Å². The fourth-order valence-electron chi connectivity index (χ4n) is 0.862. The van der Waals surface area contributed by atoms with Gasteiger partial charge in [-0.1, -0.05) is 6.58 Å². The average Bonchev–Trinajstić information content (AvgIpc) is 2.33. The van der Waals surface area contributed by atoms with Gasteiger partial charge in [0.05, 0.1) is 0 Å². The van der Waals surface area contributed by atoms with E-state index in [1.54, 1.807) is 11.1 Å². The summed E-state index contributed by atoms with van der Waals surface area (Å²) < 4.78 is 0. The molecule has 1 aliphatic heterocycles. The van der Waals surface area contributed by atoms with Gasteiger partial charge in [-0.05, 0) is 12.6 Å². The highest BCUT2D eigenvalue weighted by molar-refractivity contribution is 5.78. The Labute approximate surface area is 69.2 Å². The minimum absolute atomic E-state index is 0.208. The quantitative estimate of drug-likeness (QED) is 0.460. The van der Waals surface area contributed by atoms with Gasteiger partial charge in [-0.15, -0.1) is 10.1 Å². The molecule has 6 nitrogen and oxygen atoms in total. The molecule has 0 radical (unpaired) electrons. The van der Waals surface area contributed by atoms with E-state index in [-0.39, 0.29) is 5.91 Å². The van der Waals surface area contributed by atoms with Crippen molar-refractivity contribution in [2.45, 2.75) is 12.8 Å². The maximum Gasteiger partial charge on any atom is 0.291 e. The van der Waals surface area contributed by atoms with Crippen LogP contribution in [-0.2, 0) is 4.79 Å². The first kappa shape index (κ1) is 10.4. The van der Waals surface area contributed by atoms with Gasteiger partial charge >= 0.3 is 0 Å². The first-order valence-electron chi connectivity index (χ1n) is 3.33. The molecule has 0 spiro atoms. The molecule has 12 heavy (non-hydrogen) atoms. The van der Waals surface area contributed by atoms with Crippen molar-refractivity contribution in [3.05, 3.63) is 22.9 Å². The van der Waals surface area contributed by atoms with Gasteiger partial charge in [0.15, 0.2) is 0 Å². The number of carbonyl (C=O) groups excluding carboxylic acids is 1. The molecule has 1 rings (SSSR count). The van der Waals surface area contributed by atoms with Crippen LogP contribution in [0, 0.1) is 10.1 Å². The SMILES string of the molecule is C=CN1CCCC1=O.O=[N+]([O-])O. The van der Waals surface area contributed by atoms with Crippen molar-refractivity contribution in [2.75, 3.05) is 6.54 Å². The fourth-order valence-corrected chi connectivity index (χ4v) is 0.862. The first-order chi connectivity index (χ1) is 5.57. The smallest absolute Gasteiger partial charge is 0.291 e. The summed E-state index contributed by atoms with van der Waals surface area (Å²) in [5.74, 6) is 0.208. The van der Waals surface area contributed by atoms with Crippen LogP contribution >= 0.6 is 0 Å². The molecule has 0 aromatic rings. The summed E-state index contributed by atoms with van der Waals surface area (Å²) in [7, 11) is 0. The Hall–Kier alpha value is -1.59. The molecule has 1 aliphatic rings. The molecule has 0 unspecified atom stereocenters. The largest absolute Gasteiger partial charge is 0.328 e. The third-order valence-corrected chi connectivity index (χ3v) is 1.33. The van der Waals surface area contributed by atoms with Gasteiger partial charge in [0, 0.05) is 13.0 Å². The topological polar surface area (TPSA) is 83.7 Å². The Morgan fingerprint density at radius 2 is 2.25 bits per heavy atom. The Balaban J connectivity index is 0.000000261. The van der Waals surface area contributed by atoms with Crippen LogP contribution in [0.1, 0.15) is 12.8 Å². The van der Waals surface area contributed by atoms with Crippen LogP contribution in [0.5, 0.6) is 0 Å². The zero-order valence-corrected chi connectivity index (χ0v) is 6.47. The van der Waals surface area contributed by atoms with Gasteiger partial charge in [0.25, 0.3) is 5.09 Å². The highest BCUT2D eigenvalue weighted by Gasteiger charge is 2.15. The highest BCUT2D eigenvalue weighted by Crippen LogP contribution is 2.08. The molecule has 0 aromatic heterocycles. The lowest BCUT2D eigenvalue weighted by atomic mass is 10.4. The van der Waals surface area contributed by atoms with Gasteiger partial charge < -0.3 is 10.1 Å². The van der Waals surface area contributed by atoms with E-state index < -0.39 is 5.09 Å². The Bertz CT molecular complexity index is 188. The number of likely N-dealkylation sites (tertiary alicyclic amines) is 1. The second kappa shape index (κ2) is 5.11. The second-order valence-corrected chi connectivity index (χ2v) is 2.11. The maximum absolute atomic E-state index is 10.7. The predicted molar refractivity (Wildman–Crippen MR) is 39.9 cm³/mol. The van der Waals surface area contributed by atoms with Crippen molar-refractivity contribution in [1.82, 2.24) is 4.90 Å². The summed E-state index contributed by atoms with van der Waals surface area (Å²) in [5, 5.41) is 13.6. The zero-order chi connectivity index (χ0) is 9.56. The molecule has 0 saturated carbocycles. The molecule has 1 amide bonds. The van der Waals surface area contributed by atoms with E-state index in [0.717, 1.165) is 13.0 Å². The van der Waals surface area contributed by atoms with Crippen molar-refractivity contribution in [2.24, 2.45) is 0 Å². The number of hydrogen-bond donors (Lipinski definition) is 1. The summed E-state index contributed by atoms with van der Waals surface area (Å²) in [4.78, 5) is 20.7. The van der Waals surface area contributed by atoms with E-state index >= 15 is 0 Å². The molecule has 0 bridgehead atoms. The third kappa shape index (κ3) is 4.26. The summed E-state index contributed by atoms with van der Waals surface area (Å²) in [6, 6.07) is 0. The summed E-state index contributed by atoms with van der Waals surface area (Å²) in [5.41, 5.74) is 0. The molecule has 0 aromatic carbocycles. The summed E-state index contributed by atoms with van der Waals surface area (Å²) >= 11 is 0. The number of amides is 1. The first-order valence-corrected chi connectivity index (χ1v) is 3.33. The molecule has 68 valence electrons. The molecule has 1 saturated heterocycles. The van der Waals surface area contributed by atoms with E-state index in [4.69, 9.17) is 15.3 Å². The number of nitrogens with zero attached hydrogens (tertiary/aromatic N) is 2. The molecule has 6 heteroatoms. The minimum Gasteiger partial charge on any atom is -0.328 e. The lowest BCUT2D eigenvalue weighted by molar-refractivity contribution is -0.742. The lowest BCUT2D eigenvalue weighted by Gasteiger charge is -2.05. The van der Waals surface area contributed by atoms with E-state index in [2.05, 4.69) is 6.58 Å². The second-order valence-electron chi connectivity index (χ2n) is 2.11. The number of rotatable bonds is 1. The van der Waals surface area contributed by atoms with Gasteiger partial charge in [-0.3, -0.25) is 4.79 Å². The fraction of sp³-hybridized carbons (Fsp3) is 0.500. The molecule has 1 fully saturated rings. The normalized spacial score (nSPS) is 15.0. The van der Waals surface area contributed by atoms with Crippen LogP contribution < -0.4 is 0 Å². The van der Waals surface area contributed by atoms with Crippen molar-refractivity contribution < 1.29 is 15.1 Å². The predicted octanol–water partition coefficient (Wildman–Crippen LogP) is 0.405. The van der Waals surface area contributed by atoms with Crippen LogP contribution in [0.3, 0.4) is 0 Å². The average molecular weight is 174 g/mol. The Kier molecular flexibility index (Phi) is 4.43. The molecular formula is C6H10N2O4. The van der Waals surface area contributed by atoms with Crippen LogP contribution in [0.25, 0.3) is 0 Å². The van der Waals surface area contributed by atoms with E-state index in [1.165, 1.54) is 0 Å². The Morgan fingerprint density at radius 3 is 2.42 bits per heavy atom. The molecule has 0 atom stereocenters. The Morgan fingerprint density at radius 1 is 1.75 bits per heavy atom.